The molecule has 0 radical (unpaired) electrons. The molecular weight excluding hydrogens is 338 g/mol. The molecule has 0 unspecified atom stereocenters. The van der Waals surface area contributed by atoms with Gasteiger partial charge in [0.15, 0.2) is 5.82 Å². The number of ether oxygens (including phenoxy) is 1. The van der Waals surface area contributed by atoms with Crippen LogP contribution in [-0.2, 0) is 11.3 Å². The van der Waals surface area contributed by atoms with E-state index in [9.17, 15) is 0 Å². The Morgan fingerprint density at radius 3 is 2.83 bits per heavy atom. The van der Waals surface area contributed by atoms with E-state index in [2.05, 4.69) is 31.2 Å². The molecule has 4 nitrogen and oxygen atoms in total. The topological polar surface area (TPSA) is 47.0 Å². The maximum atomic E-state index is 5.92. The maximum Gasteiger partial charge on any atom is 0.172 e. The van der Waals surface area contributed by atoms with Crippen LogP contribution in [0.15, 0.2) is 15.9 Å². The Morgan fingerprint density at radius 2 is 2.28 bits per heavy atom. The van der Waals surface area contributed by atoms with Gasteiger partial charge in [-0.05, 0) is 22.0 Å². The van der Waals surface area contributed by atoms with Gasteiger partial charge in [-0.25, -0.2) is 9.97 Å². The standard InChI is InChI=1S/C11H11BrClN3OS/c1-14-11-9(12)7(4-17-2)15-10(16-11)8-3-6(13)5-18-8/h3,5H,4H2,1-2H3,(H,14,15,16). The second kappa shape index (κ2) is 5.97. The normalized spacial score (nSPS) is 10.7. The molecule has 0 saturated heterocycles. The Bertz CT molecular complexity index is 561. The summed E-state index contributed by atoms with van der Waals surface area (Å²) in [5, 5.41) is 5.58. The summed E-state index contributed by atoms with van der Waals surface area (Å²) in [5.74, 6) is 1.38. The molecule has 0 amide bonds. The Morgan fingerprint density at radius 1 is 1.50 bits per heavy atom. The highest BCUT2D eigenvalue weighted by molar-refractivity contribution is 9.10. The summed E-state index contributed by atoms with van der Waals surface area (Å²) in [4.78, 5) is 9.86. The quantitative estimate of drug-likeness (QED) is 0.912. The van der Waals surface area contributed by atoms with Gasteiger partial charge in [-0.15, -0.1) is 11.3 Å². The van der Waals surface area contributed by atoms with E-state index >= 15 is 0 Å². The first-order chi connectivity index (χ1) is 8.65. The Hall–Kier alpha value is -0.690. The van der Waals surface area contributed by atoms with Crippen molar-refractivity contribution in [2.45, 2.75) is 6.61 Å². The Labute approximate surface area is 122 Å². The van der Waals surface area contributed by atoms with Crippen LogP contribution in [0.3, 0.4) is 0 Å². The average Bonchev–Trinajstić information content (AvgIpc) is 2.79. The van der Waals surface area contributed by atoms with Gasteiger partial charge in [-0.2, -0.15) is 0 Å². The number of methoxy groups -OCH3 is 1. The third kappa shape index (κ3) is 2.83. The maximum absolute atomic E-state index is 5.92. The zero-order valence-corrected chi connectivity index (χ0v) is 13.0. The molecule has 1 N–H and O–H groups in total. The number of thiophene rings is 1. The molecule has 2 aromatic rings. The van der Waals surface area contributed by atoms with E-state index in [1.165, 1.54) is 11.3 Å². The predicted molar refractivity (Wildman–Crippen MR) is 78.3 cm³/mol. The monoisotopic (exact) mass is 347 g/mol. The lowest BCUT2D eigenvalue weighted by atomic mass is 10.3. The molecule has 7 heteroatoms. The van der Waals surface area contributed by atoms with Crippen LogP contribution in [0.2, 0.25) is 5.02 Å². The fourth-order valence-electron chi connectivity index (χ4n) is 1.43. The van der Waals surface area contributed by atoms with E-state index in [0.717, 1.165) is 20.9 Å². The van der Waals surface area contributed by atoms with Gasteiger partial charge in [-0.3, -0.25) is 0 Å². The molecule has 0 aliphatic carbocycles. The van der Waals surface area contributed by atoms with Crippen molar-refractivity contribution < 1.29 is 4.74 Å². The van der Waals surface area contributed by atoms with Gasteiger partial charge in [0, 0.05) is 19.5 Å². The Balaban J connectivity index is 2.51. The van der Waals surface area contributed by atoms with Crippen molar-refractivity contribution in [2.24, 2.45) is 0 Å². The molecule has 96 valence electrons. The second-order valence-electron chi connectivity index (χ2n) is 3.47. The molecule has 0 fully saturated rings. The van der Waals surface area contributed by atoms with Crippen molar-refractivity contribution >= 4 is 44.7 Å². The fraction of sp³-hybridized carbons (Fsp3) is 0.273. The lowest BCUT2D eigenvalue weighted by Crippen LogP contribution is -2.03. The molecule has 2 aromatic heterocycles. The Kier molecular flexibility index (Phi) is 4.55. The van der Waals surface area contributed by atoms with Crippen LogP contribution in [0.25, 0.3) is 10.7 Å². The number of anilines is 1. The van der Waals surface area contributed by atoms with Crippen molar-refractivity contribution in [3.05, 3.63) is 26.6 Å². The smallest absolute Gasteiger partial charge is 0.172 e. The molecular formula is C11H11BrClN3OS. The fourth-order valence-corrected chi connectivity index (χ4v) is 2.93. The van der Waals surface area contributed by atoms with Crippen molar-refractivity contribution in [2.75, 3.05) is 19.5 Å². The minimum atomic E-state index is 0.421. The van der Waals surface area contributed by atoms with Gasteiger partial charge >= 0.3 is 0 Å². The highest BCUT2D eigenvalue weighted by Crippen LogP contribution is 2.31. The van der Waals surface area contributed by atoms with Crippen LogP contribution < -0.4 is 5.32 Å². The van der Waals surface area contributed by atoms with Gasteiger partial charge < -0.3 is 10.1 Å². The molecule has 0 aromatic carbocycles. The molecule has 2 rings (SSSR count). The largest absolute Gasteiger partial charge is 0.378 e. The summed E-state index contributed by atoms with van der Waals surface area (Å²) in [7, 11) is 3.45. The summed E-state index contributed by atoms with van der Waals surface area (Å²) < 4.78 is 5.95. The first-order valence-corrected chi connectivity index (χ1v) is 7.18. The minimum absolute atomic E-state index is 0.421. The summed E-state index contributed by atoms with van der Waals surface area (Å²) in [6, 6.07) is 1.85. The van der Waals surface area contributed by atoms with Gasteiger partial charge in [0.25, 0.3) is 0 Å². The highest BCUT2D eigenvalue weighted by Gasteiger charge is 2.13. The SMILES string of the molecule is CNc1nc(-c2cc(Cl)cs2)nc(COC)c1Br. The molecule has 0 aliphatic heterocycles. The first kappa shape index (κ1) is 13.7. The molecule has 18 heavy (non-hydrogen) atoms. The van der Waals surface area contributed by atoms with E-state index in [0.29, 0.717) is 17.5 Å². The first-order valence-electron chi connectivity index (χ1n) is 5.13. The summed E-state index contributed by atoms with van der Waals surface area (Å²) in [5.41, 5.74) is 0.802. The van der Waals surface area contributed by atoms with Crippen LogP contribution in [0.4, 0.5) is 5.82 Å². The van der Waals surface area contributed by atoms with Crippen molar-refractivity contribution in [3.63, 3.8) is 0 Å². The lowest BCUT2D eigenvalue weighted by Gasteiger charge is -2.09. The number of nitrogens with one attached hydrogen (secondary N) is 1. The van der Waals surface area contributed by atoms with E-state index in [-0.39, 0.29) is 0 Å². The van der Waals surface area contributed by atoms with E-state index in [1.807, 2.05) is 18.5 Å². The van der Waals surface area contributed by atoms with Crippen LogP contribution in [0, 0.1) is 0 Å². The van der Waals surface area contributed by atoms with Gasteiger partial charge in [-0.1, -0.05) is 11.6 Å². The van der Waals surface area contributed by atoms with E-state index in [4.69, 9.17) is 16.3 Å². The van der Waals surface area contributed by atoms with Crippen LogP contribution in [0.1, 0.15) is 5.69 Å². The number of aromatic nitrogens is 2. The summed E-state index contributed by atoms with van der Waals surface area (Å²) in [6.07, 6.45) is 0. The van der Waals surface area contributed by atoms with Crippen LogP contribution in [-0.4, -0.2) is 24.1 Å². The number of halogens is 2. The van der Waals surface area contributed by atoms with Crippen molar-refractivity contribution in [1.82, 2.24) is 9.97 Å². The number of rotatable bonds is 4. The van der Waals surface area contributed by atoms with Gasteiger partial charge in [0.05, 0.1) is 26.7 Å². The molecule has 0 bridgehead atoms. The molecule has 0 aliphatic rings. The summed E-state index contributed by atoms with van der Waals surface area (Å²) in [6.45, 7) is 0.421. The second-order valence-corrected chi connectivity index (χ2v) is 5.61. The lowest BCUT2D eigenvalue weighted by molar-refractivity contribution is 0.181. The van der Waals surface area contributed by atoms with E-state index in [1.54, 1.807) is 7.11 Å². The number of hydrogen-bond donors (Lipinski definition) is 1. The zero-order valence-electron chi connectivity index (χ0n) is 9.83. The highest BCUT2D eigenvalue weighted by atomic mass is 79.9. The molecule has 2 heterocycles. The number of nitrogens with zero attached hydrogens (tertiary/aromatic N) is 2. The third-order valence-corrected chi connectivity index (χ3v) is 4.33. The molecule has 0 spiro atoms. The molecule has 0 saturated carbocycles. The number of hydrogen-bond acceptors (Lipinski definition) is 5. The van der Waals surface area contributed by atoms with Gasteiger partial charge in [0.1, 0.15) is 5.82 Å². The van der Waals surface area contributed by atoms with E-state index < -0.39 is 0 Å². The zero-order chi connectivity index (χ0) is 13.1. The van der Waals surface area contributed by atoms with Crippen molar-refractivity contribution in [3.8, 4) is 10.7 Å². The molecule has 0 atom stereocenters. The minimum Gasteiger partial charge on any atom is -0.378 e. The third-order valence-electron chi connectivity index (χ3n) is 2.23. The van der Waals surface area contributed by atoms with Crippen molar-refractivity contribution in [1.29, 1.82) is 0 Å². The van der Waals surface area contributed by atoms with Crippen LogP contribution >= 0.6 is 38.9 Å². The van der Waals surface area contributed by atoms with Crippen LogP contribution in [0.5, 0.6) is 0 Å². The predicted octanol–water partition coefficient (Wildman–Crippen LogP) is 3.81. The summed E-state index contributed by atoms with van der Waals surface area (Å²) >= 11 is 10.9. The average molecular weight is 349 g/mol. The van der Waals surface area contributed by atoms with Gasteiger partial charge in [0.2, 0.25) is 0 Å².